The molecule has 1 aromatic heterocycles. The standard InChI is InChI=1S/C23H23N5O3/c1-2-18(17-9-5-7-14-6-3-4-8-16(14)17)27-22(29)20-13-28(23(30)31-20)15-10-11-19(21(24)25)26-12-15/h3-12,18,20H,2,13H2,1H3,(H3,24,25)(H,27,29)/t18-,20+/m0/s1. The van der Waals surface area contributed by atoms with Gasteiger partial charge in [-0.1, -0.05) is 49.4 Å². The maximum absolute atomic E-state index is 12.9. The fourth-order valence-electron chi connectivity index (χ4n) is 3.73. The third-order valence-corrected chi connectivity index (χ3v) is 5.36. The van der Waals surface area contributed by atoms with Gasteiger partial charge in [-0.2, -0.15) is 0 Å². The van der Waals surface area contributed by atoms with Crippen LogP contribution in [0.4, 0.5) is 10.5 Å². The first-order valence-electron chi connectivity index (χ1n) is 10.0. The molecule has 8 heteroatoms. The number of nitrogens with two attached hydrogens (primary N) is 1. The number of cyclic esters (lactones) is 1. The highest BCUT2D eigenvalue weighted by atomic mass is 16.6. The van der Waals surface area contributed by atoms with Gasteiger partial charge >= 0.3 is 6.09 Å². The fourth-order valence-corrected chi connectivity index (χ4v) is 3.73. The average molecular weight is 417 g/mol. The minimum Gasteiger partial charge on any atom is -0.434 e. The lowest BCUT2D eigenvalue weighted by Gasteiger charge is -2.21. The summed E-state index contributed by atoms with van der Waals surface area (Å²) in [6, 6.07) is 17.0. The van der Waals surface area contributed by atoms with Gasteiger partial charge in [-0.15, -0.1) is 0 Å². The van der Waals surface area contributed by atoms with Crippen molar-refractivity contribution in [2.45, 2.75) is 25.5 Å². The lowest BCUT2D eigenvalue weighted by atomic mass is 9.97. The van der Waals surface area contributed by atoms with Gasteiger partial charge in [0.1, 0.15) is 11.5 Å². The molecule has 0 unspecified atom stereocenters. The Bertz CT molecular complexity index is 1140. The number of aromatic nitrogens is 1. The van der Waals surface area contributed by atoms with Crippen LogP contribution in [0.1, 0.15) is 30.6 Å². The molecule has 1 saturated heterocycles. The van der Waals surface area contributed by atoms with E-state index in [9.17, 15) is 9.59 Å². The molecule has 2 heterocycles. The number of hydrogen-bond donors (Lipinski definition) is 3. The van der Waals surface area contributed by atoms with Crippen LogP contribution in [0.15, 0.2) is 60.8 Å². The summed E-state index contributed by atoms with van der Waals surface area (Å²) in [5.41, 5.74) is 7.23. The zero-order chi connectivity index (χ0) is 22.0. The van der Waals surface area contributed by atoms with Gasteiger partial charge in [0.25, 0.3) is 5.91 Å². The largest absolute Gasteiger partial charge is 0.434 e. The molecule has 0 spiro atoms. The lowest BCUT2D eigenvalue weighted by molar-refractivity contribution is -0.128. The van der Waals surface area contributed by atoms with E-state index in [1.807, 2.05) is 49.4 Å². The average Bonchev–Trinajstić information content (AvgIpc) is 3.19. The molecule has 0 radical (unpaired) electrons. The molecule has 158 valence electrons. The molecule has 1 fully saturated rings. The second-order valence-corrected chi connectivity index (χ2v) is 7.34. The number of nitrogens with one attached hydrogen (secondary N) is 2. The van der Waals surface area contributed by atoms with E-state index in [0.717, 1.165) is 16.3 Å². The van der Waals surface area contributed by atoms with E-state index in [4.69, 9.17) is 15.9 Å². The van der Waals surface area contributed by atoms with Crippen LogP contribution in [0.3, 0.4) is 0 Å². The number of amides is 2. The Hall–Kier alpha value is -3.94. The number of anilines is 1. The van der Waals surface area contributed by atoms with E-state index in [-0.39, 0.29) is 24.3 Å². The highest BCUT2D eigenvalue weighted by Gasteiger charge is 2.38. The second-order valence-electron chi connectivity index (χ2n) is 7.34. The first-order chi connectivity index (χ1) is 15.0. The Morgan fingerprint density at radius 1 is 1.26 bits per heavy atom. The first-order valence-corrected chi connectivity index (χ1v) is 10.0. The van der Waals surface area contributed by atoms with E-state index in [1.165, 1.54) is 11.1 Å². The van der Waals surface area contributed by atoms with Crippen LogP contribution in [0.25, 0.3) is 10.8 Å². The van der Waals surface area contributed by atoms with Crippen molar-refractivity contribution in [3.05, 3.63) is 72.1 Å². The Balaban J connectivity index is 1.49. The smallest absolute Gasteiger partial charge is 0.415 e. The number of benzene rings is 2. The summed E-state index contributed by atoms with van der Waals surface area (Å²) in [6.07, 6.45) is 0.587. The zero-order valence-corrected chi connectivity index (χ0v) is 17.0. The number of amidine groups is 1. The third-order valence-electron chi connectivity index (χ3n) is 5.36. The zero-order valence-electron chi connectivity index (χ0n) is 17.0. The Labute approximate surface area is 179 Å². The van der Waals surface area contributed by atoms with Crippen molar-refractivity contribution in [1.82, 2.24) is 10.3 Å². The minimum atomic E-state index is -0.927. The Kier molecular flexibility index (Phi) is 5.53. The highest BCUT2D eigenvalue weighted by Crippen LogP contribution is 2.27. The van der Waals surface area contributed by atoms with Gasteiger partial charge in [0.05, 0.1) is 24.5 Å². The third kappa shape index (κ3) is 4.05. The molecule has 1 aliphatic heterocycles. The molecule has 2 aromatic carbocycles. The summed E-state index contributed by atoms with van der Waals surface area (Å²) in [4.78, 5) is 30.7. The summed E-state index contributed by atoms with van der Waals surface area (Å²) in [6.45, 7) is 2.08. The summed E-state index contributed by atoms with van der Waals surface area (Å²) in [5, 5.41) is 12.6. The van der Waals surface area contributed by atoms with Gasteiger partial charge in [-0.05, 0) is 34.9 Å². The van der Waals surface area contributed by atoms with Crippen LogP contribution in [0.2, 0.25) is 0 Å². The highest BCUT2D eigenvalue weighted by molar-refractivity contribution is 5.97. The number of carbonyl (C=O) groups is 2. The fraction of sp³-hybridized carbons (Fsp3) is 0.217. The van der Waals surface area contributed by atoms with Crippen molar-refractivity contribution in [1.29, 1.82) is 5.41 Å². The molecule has 1 aliphatic rings. The van der Waals surface area contributed by atoms with Crippen molar-refractivity contribution in [3.8, 4) is 0 Å². The van der Waals surface area contributed by atoms with Crippen LogP contribution >= 0.6 is 0 Å². The maximum atomic E-state index is 12.9. The number of nitrogens with zero attached hydrogens (tertiary/aromatic N) is 2. The Morgan fingerprint density at radius 2 is 2.03 bits per heavy atom. The Morgan fingerprint density at radius 3 is 2.74 bits per heavy atom. The van der Waals surface area contributed by atoms with Crippen molar-refractivity contribution in [3.63, 3.8) is 0 Å². The molecule has 0 bridgehead atoms. The van der Waals surface area contributed by atoms with Crippen LogP contribution in [-0.2, 0) is 9.53 Å². The lowest BCUT2D eigenvalue weighted by Crippen LogP contribution is -2.39. The SMILES string of the molecule is CC[C@H](NC(=O)[C@H]1CN(c2ccc(C(=N)N)nc2)C(=O)O1)c1cccc2ccccc12. The van der Waals surface area contributed by atoms with E-state index < -0.39 is 12.2 Å². The van der Waals surface area contributed by atoms with Crippen molar-refractivity contribution >= 4 is 34.3 Å². The number of fused-ring (bicyclic) bond motifs is 1. The topological polar surface area (TPSA) is 121 Å². The van der Waals surface area contributed by atoms with Crippen LogP contribution in [0.5, 0.6) is 0 Å². The predicted molar refractivity (Wildman–Crippen MR) is 118 cm³/mol. The van der Waals surface area contributed by atoms with E-state index in [1.54, 1.807) is 12.1 Å². The number of hydrogen-bond acceptors (Lipinski definition) is 5. The van der Waals surface area contributed by atoms with Crippen molar-refractivity contribution < 1.29 is 14.3 Å². The molecule has 0 aliphatic carbocycles. The van der Waals surface area contributed by atoms with E-state index in [2.05, 4.69) is 10.3 Å². The van der Waals surface area contributed by atoms with Gasteiger partial charge in [0, 0.05) is 0 Å². The summed E-state index contributed by atoms with van der Waals surface area (Å²) >= 11 is 0. The number of rotatable bonds is 6. The molecule has 8 nitrogen and oxygen atoms in total. The van der Waals surface area contributed by atoms with Crippen molar-refractivity contribution in [2.75, 3.05) is 11.4 Å². The number of carbonyl (C=O) groups excluding carboxylic acids is 2. The molecule has 3 aromatic rings. The number of nitrogen functional groups attached to an aromatic ring is 1. The number of ether oxygens (including phenoxy) is 1. The summed E-state index contributed by atoms with van der Waals surface area (Å²) < 4.78 is 5.32. The quantitative estimate of drug-likeness (QED) is 0.420. The van der Waals surface area contributed by atoms with E-state index in [0.29, 0.717) is 17.8 Å². The predicted octanol–water partition coefficient (Wildman–Crippen LogP) is 3.11. The minimum absolute atomic E-state index is 0.0811. The van der Waals surface area contributed by atoms with Crippen molar-refractivity contribution in [2.24, 2.45) is 5.73 Å². The maximum Gasteiger partial charge on any atom is 0.415 e. The molecule has 0 saturated carbocycles. The molecule has 2 atom stereocenters. The second kappa shape index (κ2) is 8.43. The molecular formula is C23H23N5O3. The molecule has 31 heavy (non-hydrogen) atoms. The summed E-state index contributed by atoms with van der Waals surface area (Å²) in [5.74, 6) is -0.504. The van der Waals surface area contributed by atoms with Gasteiger partial charge in [0.2, 0.25) is 0 Å². The molecule has 2 amide bonds. The van der Waals surface area contributed by atoms with Crippen LogP contribution in [-0.4, -0.2) is 35.5 Å². The van der Waals surface area contributed by atoms with Gasteiger partial charge < -0.3 is 15.8 Å². The molecule has 4 N–H and O–H groups in total. The van der Waals surface area contributed by atoms with Crippen LogP contribution in [0, 0.1) is 5.41 Å². The van der Waals surface area contributed by atoms with Gasteiger partial charge in [-0.25, -0.2) is 4.79 Å². The first kappa shape index (κ1) is 20.3. The van der Waals surface area contributed by atoms with E-state index >= 15 is 0 Å². The number of pyridine rings is 1. The normalized spacial score (nSPS) is 16.7. The monoisotopic (exact) mass is 417 g/mol. The van der Waals surface area contributed by atoms with Crippen LogP contribution < -0.4 is 16.0 Å². The summed E-state index contributed by atoms with van der Waals surface area (Å²) in [7, 11) is 0. The molecule has 4 rings (SSSR count). The molecular weight excluding hydrogens is 394 g/mol. The van der Waals surface area contributed by atoms with Gasteiger partial charge in [0.15, 0.2) is 6.10 Å². The van der Waals surface area contributed by atoms with Gasteiger partial charge in [-0.3, -0.25) is 20.1 Å².